The highest BCUT2D eigenvalue weighted by molar-refractivity contribution is 5.95. The van der Waals surface area contributed by atoms with Gasteiger partial charge in [-0.2, -0.15) is 0 Å². The van der Waals surface area contributed by atoms with Crippen molar-refractivity contribution in [3.63, 3.8) is 0 Å². The molecule has 1 saturated heterocycles. The molecule has 1 fully saturated rings. The highest BCUT2D eigenvalue weighted by atomic mass is 16.3. The highest BCUT2D eigenvalue weighted by Gasteiger charge is 2.22. The van der Waals surface area contributed by atoms with Crippen LogP contribution in [0.1, 0.15) is 10.4 Å². The molecule has 0 aromatic heterocycles. The van der Waals surface area contributed by atoms with E-state index in [-0.39, 0.29) is 11.7 Å². The normalized spacial score (nSPS) is 16.4. The second-order valence-corrected chi connectivity index (χ2v) is 5.71. The SMILES string of the molecule is CN(C)CCN1CCN(C(=O)c2ccc(N)c(O)c2)CC1. The average Bonchev–Trinajstić information content (AvgIpc) is 2.48. The maximum absolute atomic E-state index is 12.4. The number of carbonyl (C=O) groups is 1. The zero-order valence-electron chi connectivity index (χ0n) is 12.7. The van der Waals surface area contributed by atoms with Gasteiger partial charge in [0.25, 0.3) is 5.91 Å². The smallest absolute Gasteiger partial charge is 0.254 e. The summed E-state index contributed by atoms with van der Waals surface area (Å²) in [4.78, 5) is 18.7. The van der Waals surface area contributed by atoms with Crippen molar-refractivity contribution < 1.29 is 9.90 Å². The quantitative estimate of drug-likeness (QED) is 0.616. The molecule has 6 nitrogen and oxygen atoms in total. The fourth-order valence-corrected chi connectivity index (χ4v) is 2.38. The minimum atomic E-state index is -0.0439. The van der Waals surface area contributed by atoms with Gasteiger partial charge in [0.05, 0.1) is 5.69 Å². The van der Waals surface area contributed by atoms with Gasteiger partial charge in [0.1, 0.15) is 5.75 Å². The molecule has 3 N–H and O–H groups in total. The van der Waals surface area contributed by atoms with Crippen LogP contribution in [0.15, 0.2) is 18.2 Å². The fraction of sp³-hybridized carbons (Fsp3) is 0.533. The van der Waals surface area contributed by atoms with Crippen LogP contribution in [0.5, 0.6) is 5.75 Å². The molecule has 1 heterocycles. The van der Waals surface area contributed by atoms with Gasteiger partial charge in [0.2, 0.25) is 0 Å². The van der Waals surface area contributed by atoms with Crippen LogP contribution in [0, 0.1) is 0 Å². The Morgan fingerprint density at radius 1 is 1.29 bits per heavy atom. The summed E-state index contributed by atoms with van der Waals surface area (Å²) in [5, 5.41) is 9.60. The Hall–Kier alpha value is -1.79. The number of phenols is 1. The first-order chi connectivity index (χ1) is 9.97. The number of aromatic hydroxyl groups is 1. The number of phenolic OH excluding ortho intramolecular Hbond substituents is 1. The van der Waals surface area contributed by atoms with E-state index >= 15 is 0 Å². The maximum Gasteiger partial charge on any atom is 0.254 e. The van der Waals surface area contributed by atoms with Crippen molar-refractivity contribution >= 4 is 11.6 Å². The van der Waals surface area contributed by atoms with Crippen molar-refractivity contribution in [3.05, 3.63) is 23.8 Å². The van der Waals surface area contributed by atoms with Crippen LogP contribution in [0.4, 0.5) is 5.69 Å². The number of nitrogens with zero attached hydrogens (tertiary/aromatic N) is 3. The first-order valence-corrected chi connectivity index (χ1v) is 7.22. The lowest BCUT2D eigenvalue weighted by molar-refractivity contribution is 0.0629. The molecule has 0 bridgehead atoms. The number of likely N-dealkylation sites (N-methyl/N-ethyl adjacent to an activating group) is 1. The third kappa shape index (κ3) is 4.09. The van der Waals surface area contributed by atoms with Crippen molar-refractivity contribution in [2.45, 2.75) is 0 Å². The van der Waals surface area contributed by atoms with Crippen LogP contribution in [0.25, 0.3) is 0 Å². The molecule has 116 valence electrons. The van der Waals surface area contributed by atoms with E-state index in [1.165, 1.54) is 6.07 Å². The van der Waals surface area contributed by atoms with Gasteiger partial charge in [-0.3, -0.25) is 9.69 Å². The monoisotopic (exact) mass is 292 g/mol. The molecule has 0 radical (unpaired) electrons. The molecule has 0 atom stereocenters. The molecular formula is C15H24N4O2. The summed E-state index contributed by atoms with van der Waals surface area (Å²) >= 11 is 0. The van der Waals surface area contributed by atoms with Crippen LogP contribution in [-0.2, 0) is 0 Å². The van der Waals surface area contributed by atoms with Gasteiger partial charge in [0.15, 0.2) is 0 Å². The van der Waals surface area contributed by atoms with Crippen molar-refractivity contribution in [1.82, 2.24) is 14.7 Å². The second-order valence-electron chi connectivity index (χ2n) is 5.71. The molecule has 0 saturated carbocycles. The van der Waals surface area contributed by atoms with Crippen molar-refractivity contribution in [2.24, 2.45) is 0 Å². The summed E-state index contributed by atoms with van der Waals surface area (Å²) in [6.45, 7) is 5.27. The van der Waals surface area contributed by atoms with E-state index in [1.54, 1.807) is 12.1 Å². The molecule has 1 aromatic rings. The number of hydrogen-bond donors (Lipinski definition) is 2. The molecular weight excluding hydrogens is 268 g/mol. The van der Waals surface area contributed by atoms with Gasteiger partial charge >= 0.3 is 0 Å². The van der Waals surface area contributed by atoms with Crippen molar-refractivity contribution in [2.75, 3.05) is 59.1 Å². The predicted molar refractivity (Wildman–Crippen MR) is 83.4 cm³/mol. The van der Waals surface area contributed by atoms with E-state index in [2.05, 4.69) is 23.9 Å². The van der Waals surface area contributed by atoms with Crippen LogP contribution < -0.4 is 5.73 Å². The molecule has 0 unspecified atom stereocenters. The molecule has 0 aliphatic carbocycles. The van der Waals surface area contributed by atoms with Crippen molar-refractivity contribution in [1.29, 1.82) is 0 Å². The zero-order chi connectivity index (χ0) is 15.4. The summed E-state index contributed by atoms with van der Waals surface area (Å²) in [5.41, 5.74) is 6.34. The topological polar surface area (TPSA) is 73.0 Å². The van der Waals surface area contributed by atoms with E-state index < -0.39 is 0 Å². The molecule has 2 rings (SSSR count). The zero-order valence-corrected chi connectivity index (χ0v) is 12.7. The Bertz CT molecular complexity index is 496. The number of amides is 1. The molecule has 21 heavy (non-hydrogen) atoms. The first kappa shape index (κ1) is 15.6. The summed E-state index contributed by atoms with van der Waals surface area (Å²) in [7, 11) is 4.13. The summed E-state index contributed by atoms with van der Waals surface area (Å²) < 4.78 is 0. The number of anilines is 1. The number of piperazine rings is 1. The number of benzene rings is 1. The number of nitrogen functional groups attached to an aromatic ring is 1. The van der Waals surface area contributed by atoms with E-state index in [1.807, 2.05) is 4.90 Å². The van der Waals surface area contributed by atoms with E-state index in [9.17, 15) is 9.90 Å². The Morgan fingerprint density at radius 3 is 2.52 bits per heavy atom. The van der Waals surface area contributed by atoms with E-state index in [4.69, 9.17) is 5.73 Å². The van der Waals surface area contributed by atoms with Crippen LogP contribution in [0.2, 0.25) is 0 Å². The maximum atomic E-state index is 12.4. The van der Waals surface area contributed by atoms with Gasteiger partial charge < -0.3 is 20.6 Å². The van der Waals surface area contributed by atoms with Gasteiger partial charge in [-0.25, -0.2) is 0 Å². The minimum absolute atomic E-state index is 0.0366. The van der Waals surface area contributed by atoms with Gasteiger partial charge in [0, 0.05) is 44.8 Å². The predicted octanol–water partition coefficient (Wildman–Crippen LogP) is 0.294. The third-order valence-electron chi connectivity index (χ3n) is 3.80. The Morgan fingerprint density at radius 2 is 1.95 bits per heavy atom. The molecule has 1 aliphatic heterocycles. The average molecular weight is 292 g/mol. The Labute approximate surface area is 125 Å². The van der Waals surface area contributed by atoms with Crippen LogP contribution in [0.3, 0.4) is 0 Å². The lowest BCUT2D eigenvalue weighted by Gasteiger charge is -2.35. The summed E-state index contributed by atoms with van der Waals surface area (Å²) in [6, 6.07) is 4.67. The number of rotatable bonds is 4. The highest BCUT2D eigenvalue weighted by Crippen LogP contribution is 2.21. The second kappa shape index (κ2) is 6.78. The fourth-order valence-electron chi connectivity index (χ4n) is 2.38. The standard InChI is InChI=1S/C15H24N4O2/c1-17(2)5-6-18-7-9-19(10-8-18)15(21)12-3-4-13(16)14(20)11-12/h3-4,11,20H,5-10,16H2,1-2H3. The number of carbonyl (C=O) groups excluding carboxylic acids is 1. The minimum Gasteiger partial charge on any atom is -0.506 e. The third-order valence-corrected chi connectivity index (χ3v) is 3.80. The number of hydrogen-bond acceptors (Lipinski definition) is 5. The molecule has 1 amide bonds. The van der Waals surface area contributed by atoms with E-state index in [0.717, 1.165) is 39.3 Å². The Kier molecular flexibility index (Phi) is 5.03. The van der Waals surface area contributed by atoms with Gasteiger partial charge in [-0.1, -0.05) is 0 Å². The summed E-state index contributed by atoms with van der Waals surface area (Å²) in [5.74, 6) is -0.0805. The molecule has 6 heteroatoms. The van der Waals surface area contributed by atoms with Crippen LogP contribution in [-0.4, -0.2) is 79.1 Å². The van der Waals surface area contributed by atoms with Gasteiger partial charge in [-0.15, -0.1) is 0 Å². The number of nitrogens with two attached hydrogens (primary N) is 1. The summed E-state index contributed by atoms with van der Waals surface area (Å²) in [6.07, 6.45) is 0. The van der Waals surface area contributed by atoms with Gasteiger partial charge in [-0.05, 0) is 32.3 Å². The molecule has 1 aromatic carbocycles. The lowest BCUT2D eigenvalue weighted by atomic mass is 10.1. The van der Waals surface area contributed by atoms with Crippen LogP contribution >= 0.6 is 0 Å². The van der Waals surface area contributed by atoms with Crippen molar-refractivity contribution in [3.8, 4) is 5.75 Å². The Balaban J connectivity index is 1.89. The lowest BCUT2D eigenvalue weighted by Crippen LogP contribution is -2.49. The molecule has 0 spiro atoms. The first-order valence-electron chi connectivity index (χ1n) is 7.22. The molecule has 1 aliphatic rings. The largest absolute Gasteiger partial charge is 0.506 e. The van der Waals surface area contributed by atoms with E-state index in [0.29, 0.717) is 11.3 Å².